The zero-order valence-electron chi connectivity index (χ0n) is 24.7. The normalized spacial score (nSPS) is 24.6. The Balaban J connectivity index is 1.37. The van der Waals surface area contributed by atoms with E-state index in [0.717, 1.165) is 31.6 Å². The Morgan fingerprint density at radius 3 is 2.59 bits per heavy atom. The topological polar surface area (TPSA) is 73.8 Å². The van der Waals surface area contributed by atoms with Gasteiger partial charge in [0.15, 0.2) is 5.82 Å². The molecule has 0 radical (unpaired) electrons. The number of hydrogen-bond acceptors (Lipinski definition) is 7. The first kappa shape index (κ1) is 28.7. The van der Waals surface area contributed by atoms with E-state index in [1.54, 1.807) is 6.20 Å². The minimum Gasteiger partial charge on any atom is -0.508 e. The standard InChI is InChI=1S/C34H34F3N5O2/c1-4-24-27(36)8-5-19-9-23(43)10-25(30(19)24)32-31(37)33-26(14-38-32)28(42-15-21-6-7-22(16-42)39-21)11-29(40-33)44-18-34(17-41(2)3)12-20(35)13-34/h1,5,8-11,14,20-22,39,43H,6-7,12-13,15-18H2,2-3H3. The van der Waals surface area contributed by atoms with Gasteiger partial charge in [-0.25, -0.2) is 18.2 Å². The van der Waals surface area contributed by atoms with Crippen LogP contribution in [0.25, 0.3) is 32.9 Å². The second-order valence-electron chi connectivity index (χ2n) is 12.9. The molecule has 3 aliphatic rings. The van der Waals surface area contributed by atoms with Crippen LogP contribution in [0.5, 0.6) is 11.6 Å². The molecule has 2 atom stereocenters. The van der Waals surface area contributed by atoms with E-state index in [4.69, 9.17) is 11.2 Å². The van der Waals surface area contributed by atoms with Gasteiger partial charge in [-0.1, -0.05) is 12.0 Å². The van der Waals surface area contributed by atoms with Crippen molar-refractivity contribution >= 4 is 27.4 Å². The number of phenols is 1. The smallest absolute Gasteiger partial charge is 0.216 e. The van der Waals surface area contributed by atoms with Crippen LogP contribution in [0.3, 0.4) is 0 Å². The summed E-state index contributed by atoms with van der Waals surface area (Å²) in [6.45, 7) is 2.40. The van der Waals surface area contributed by atoms with Crippen LogP contribution in [0.15, 0.2) is 36.5 Å². The molecule has 2 unspecified atom stereocenters. The van der Waals surface area contributed by atoms with E-state index in [0.29, 0.717) is 42.2 Å². The number of anilines is 1. The lowest BCUT2D eigenvalue weighted by atomic mass is 9.67. The molecule has 0 spiro atoms. The molecule has 0 amide bonds. The van der Waals surface area contributed by atoms with Crippen LogP contribution in [0.1, 0.15) is 31.2 Å². The van der Waals surface area contributed by atoms with Crippen molar-refractivity contribution in [3.05, 3.63) is 53.7 Å². The minimum atomic E-state index is -0.865. The first-order valence-corrected chi connectivity index (χ1v) is 15.0. The molecule has 7 nitrogen and oxygen atoms in total. The van der Waals surface area contributed by atoms with Gasteiger partial charge in [-0.05, 0) is 63.4 Å². The van der Waals surface area contributed by atoms with Gasteiger partial charge in [0, 0.05) is 65.7 Å². The lowest BCUT2D eigenvalue weighted by Gasteiger charge is -2.45. The molecule has 2 bridgehead atoms. The van der Waals surface area contributed by atoms with E-state index >= 15 is 4.39 Å². The Bertz CT molecular complexity index is 1810. The number of halogens is 3. The number of nitrogens with one attached hydrogen (secondary N) is 1. The lowest BCUT2D eigenvalue weighted by molar-refractivity contribution is -0.0315. The number of alkyl halides is 1. The summed E-state index contributed by atoms with van der Waals surface area (Å²) >= 11 is 0. The summed E-state index contributed by atoms with van der Waals surface area (Å²) in [6, 6.07) is 7.98. The number of aromatic nitrogens is 2. The van der Waals surface area contributed by atoms with Crippen molar-refractivity contribution in [3.8, 4) is 35.2 Å². The molecule has 10 heteroatoms. The predicted molar refractivity (Wildman–Crippen MR) is 165 cm³/mol. The number of phenolic OH excluding ortho intramolecular Hbond substituents is 1. The highest BCUT2D eigenvalue weighted by Crippen LogP contribution is 2.45. The summed E-state index contributed by atoms with van der Waals surface area (Å²) in [5, 5.41) is 15.4. The highest BCUT2D eigenvalue weighted by molar-refractivity contribution is 6.03. The summed E-state index contributed by atoms with van der Waals surface area (Å²) in [5.41, 5.74) is 0.457. The maximum atomic E-state index is 16.7. The van der Waals surface area contributed by atoms with E-state index in [1.165, 1.54) is 24.3 Å². The lowest BCUT2D eigenvalue weighted by Crippen LogP contribution is -2.51. The Morgan fingerprint density at radius 1 is 1.16 bits per heavy atom. The summed E-state index contributed by atoms with van der Waals surface area (Å²) in [7, 11) is 3.90. The number of aromatic hydroxyl groups is 1. The second kappa shape index (κ2) is 10.8. The van der Waals surface area contributed by atoms with E-state index in [-0.39, 0.29) is 51.4 Å². The van der Waals surface area contributed by atoms with Crippen molar-refractivity contribution in [1.82, 2.24) is 20.2 Å². The van der Waals surface area contributed by atoms with Crippen molar-refractivity contribution in [2.24, 2.45) is 5.41 Å². The van der Waals surface area contributed by atoms with Gasteiger partial charge in [-0.2, -0.15) is 0 Å². The number of benzene rings is 2. The molecule has 228 valence electrons. The Hall–Kier alpha value is -4.07. The van der Waals surface area contributed by atoms with Gasteiger partial charge in [0.25, 0.3) is 0 Å². The molecule has 44 heavy (non-hydrogen) atoms. The molecular formula is C34H34F3N5O2. The summed E-state index contributed by atoms with van der Waals surface area (Å²) in [5.74, 6) is 1.12. The van der Waals surface area contributed by atoms with Crippen LogP contribution < -0.4 is 15.0 Å². The summed E-state index contributed by atoms with van der Waals surface area (Å²) in [4.78, 5) is 13.4. The molecule has 2 N–H and O–H groups in total. The van der Waals surface area contributed by atoms with Crippen molar-refractivity contribution in [1.29, 1.82) is 0 Å². The number of pyridine rings is 2. The molecule has 3 fully saturated rings. The van der Waals surface area contributed by atoms with E-state index in [2.05, 4.69) is 26.1 Å². The van der Waals surface area contributed by atoms with Crippen molar-refractivity contribution in [2.45, 2.75) is 43.9 Å². The van der Waals surface area contributed by atoms with Crippen LogP contribution >= 0.6 is 0 Å². The molecule has 2 saturated heterocycles. The largest absolute Gasteiger partial charge is 0.508 e. The van der Waals surface area contributed by atoms with Gasteiger partial charge in [-0.3, -0.25) is 4.98 Å². The van der Waals surface area contributed by atoms with Crippen LogP contribution in [0.2, 0.25) is 0 Å². The maximum absolute atomic E-state index is 16.7. The SMILES string of the molecule is C#Cc1c(F)ccc2cc(O)cc(-c3ncc4c(N5CC6CCC(C5)N6)cc(OCC5(CN(C)C)CC(F)C5)nc4c3F)c12. The Kier molecular flexibility index (Phi) is 7.06. The molecule has 7 rings (SSSR count). The predicted octanol–water partition coefficient (Wildman–Crippen LogP) is 5.41. The highest BCUT2D eigenvalue weighted by Gasteiger charge is 2.46. The fraction of sp³-hybridized carbons (Fsp3) is 0.412. The number of ether oxygens (including phenoxy) is 1. The molecule has 2 aromatic heterocycles. The minimum absolute atomic E-state index is 0.0429. The maximum Gasteiger partial charge on any atom is 0.216 e. The van der Waals surface area contributed by atoms with Gasteiger partial charge >= 0.3 is 0 Å². The molecule has 4 aromatic rings. The molecule has 1 saturated carbocycles. The number of rotatable bonds is 7. The van der Waals surface area contributed by atoms with Gasteiger partial charge in [0.05, 0.1) is 17.9 Å². The van der Waals surface area contributed by atoms with Crippen molar-refractivity contribution < 1.29 is 23.0 Å². The van der Waals surface area contributed by atoms with E-state index < -0.39 is 17.8 Å². The van der Waals surface area contributed by atoms with Crippen LogP contribution in [-0.4, -0.2) is 78.6 Å². The number of nitrogens with zero attached hydrogens (tertiary/aromatic N) is 4. The fourth-order valence-electron chi connectivity index (χ4n) is 7.45. The van der Waals surface area contributed by atoms with Crippen LogP contribution in [-0.2, 0) is 0 Å². The van der Waals surface area contributed by atoms with Crippen LogP contribution in [0.4, 0.5) is 18.9 Å². The van der Waals surface area contributed by atoms with Gasteiger partial charge < -0.3 is 25.0 Å². The average molecular weight is 602 g/mol. The quantitative estimate of drug-likeness (QED) is 0.275. The Labute approximate surface area is 254 Å². The Morgan fingerprint density at radius 2 is 1.91 bits per heavy atom. The van der Waals surface area contributed by atoms with Crippen LogP contribution in [0, 0.1) is 29.4 Å². The third-order valence-corrected chi connectivity index (χ3v) is 9.25. The summed E-state index contributed by atoms with van der Waals surface area (Å²) in [6.07, 6.45) is 9.31. The molecule has 1 aliphatic carbocycles. The third kappa shape index (κ3) is 4.98. The number of hydrogen-bond donors (Lipinski definition) is 2. The van der Waals surface area contributed by atoms with Gasteiger partial charge in [-0.15, -0.1) is 6.42 Å². The highest BCUT2D eigenvalue weighted by atomic mass is 19.1. The molecule has 2 aromatic carbocycles. The molecule has 4 heterocycles. The molecular weight excluding hydrogens is 567 g/mol. The van der Waals surface area contributed by atoms with Gasteiger partial charge in [0.2, 0.25) is 5.88 Å². The van der Waals surface area contributed by atoms with E-state index in [9.17, 15) is 13.9 Å². The zero-order valence-corrected chi connectivity index (χ0v) is 24.7. The zero-order chi connectivity index (χ0) is 30.7. The monoisotopic (exact) mass is 601 g/mol. The first-order valence-electron chi connectivity index (χ1n) is 15.0. The second-order valence-corrected chi connectivity index (χ2v) is 12.9. The number of fused-ring (bicyclic) bond motifs is 4. The van der Waals surface area contributed by atoms with Gasteiger partial charge in [0.1, 0.15) is 28.9 Å². The van der Waals surface area contributed by atoms with Crippen molar-refractivity contribution in [2.75, 3.05) is 45.2 Å². The number of piperazine rings is 1. The first-order chi connectivity index (χ1) is 21.1. The fourth-order valence-corrected chi connectivity index (χ4v) is 7.45. The number of terminal acetylenes is 1. The third-order valence-electron chi connectivity index (χ3n) is 9.25. The van der Waals surface area contributed by atoms with E-state index in [1.807, 2.05) is 25.1 Å². The average Bonchev–Trinajstić information content (AvgIpc) is 3.31. The van der Waals surface area contributed by atoms with Crippen molar-refractivity contribution in [3.63, 3.8) is 0 Å². The molecule has 2 aliphatic heterocycles. The summed E-state index contributed by atoms with van der Waals surface area (Å²) < 4.78 is 51.8.